The van der Waals surface area contributed by atoms with Gasteiger partial charge in [-0.15, -0.1) is 0 Å². The van der Waals surface area contributed by atoms with E-state index in [4.69, 9.17) is 4.74 Å². The zero-order chi connectivity index (χ0) is 15.2. The average molecular weight is 289 g/mol. The summed E-state index contributed by atoms with van der Waals surface area (Å²) in [7, 11) is 0. The molecule has 0 saturated heterocycles. The van der Waals surface area contributed by atoms with E-state index in [0.29, 0.717) is 18.0 Å². The van der Waals surface area contributed by atoms with Crippen LogP contribution < -0.4 is 21.3 Å². The van der Waals surface area contributed by atoms with Gasteiger partial charge in [0.15, 0.2) is 0 Å². The predicted molar refractivity (Wildman–Crippen MR) is 77.6 cm³/mol. The first-order valence-corrected chi connectivity index (χ1v) is 6.42. The summed E-state index contributed by atoms with van der Waals surface area (Å²) in [6.45, 7) is 2.33. The molecule has 1 amide bonds. The van der Waals surface area contributed by atoms with Gasteiger partial charge in [-0.25, -0.2) is 4.79 Å². The van der Waals surface area contributed by atoms with Crippen LogP contribution in [-0.4, -0.2) is 22.5 Å². The second-order valence-corrected chi connectivity index (χ2v) is 4.27. The molecular formula is C14H15N3O4. The summed E-state index contributed by atoms with van der Waals surface area (Å²) >= 11 is 0. The molecule has 0 aliphatic carbocycles. The summed E-state index contributed by atoms with van der Waals surface area (Å²) in [6.07, 6.45) is -0.111. The Morgan fingerprint density at radius 3 is 2.71 bits per heavy atom. The third-order valence-corrected chi connectivity index (χ3v) is 2.63. The standard InChI is InChI=1S/C14H15N3O4/c1-2-21-11-6-4-3-5-10(11)16-12(18)7-9-8-13(19)17-14(20)15-9/h3-6,8H,2,7H2,1H3,(H,16,18)(H2,15,17,19,20). The summed E-state index contributed by atoms with van der Waals surface area (Å²) in [5.74, 6) is 0.205. The quantitative estimate of drug-likeness (QED) is 0.751. The monoisotopic (exact) mass is 289 g/mol. The minimum Gasteiger partial charge on any atom is -0.492 e. The second kappa shape index (κ2) is 6.56. The highest BCUT2D eigenvalue weighted by Gasteiger charge is 2.09. The molecule has 0 aliphatic heterocycles. The first-order valence-electron chi connectivity index (χ1n) is 6.42. The Morgan fingerprint density at radius 1 is 1.24 bits per heavy atom. The number of aromatic nitrogens is 2. The minimum atomic E-state index is -0.639. The van der Waals surface area contributed by atoms with E-state index in [1.54, 1.807) is 24.3 Å². The minimum absolute atomic E-state index is 0.111. The van der Waals surface area contributed by atoms with Crippen molar-refractivity contribution in [3.63, 3.8) is 0 Å². The van der Waals surface area contributed by atoms with Crippen LogP contribution in [0.4, 0.5) is 5.69 Å². The summed E-state index contributed by atoms with van der Waals surface area (Å²) < 4.78 is 5.40. The number of aromatic amines is 2. The lowest BCUT2D eigenvalue weighted by molar-refractivity contribution is -0.115. The molecule has 0 saturated carbocycles. The molecule has 0 atom stereocenters. The van der Waals surface area contributed by atoms with E-state index in [1.807, 2.05) is 11.9 Å². The average Bonchev–Trinajstić information content (AvgIpc) is 2.40. The van der Waals surface area contributed by atoms with Crippen LogP contribution in [0.25, 0.3) is 0 Å². The Balaban J connectivity index is 2.11. The van der Waals surface area contributed by atoms with Crippen molar-refractivity contribution in [1.82, 2.24) is 9.97 Å². The number of ether oxygens (including phenoxy) is 1. The maximum atomic E-state index is 12.0. The number of rotatable bonds is 5. The molecule has 1 heterocycles. The highest BCUT2D eigenvalue weighted by Crippen LogP contribution is 2.23. The van der Waals surface area contributed by atoms with E-state index >= 15 is 0 Å². The number of amides is 1. The molecule has 0 spiro atoms. The maximum absolute atomic E-state index is 12.0. The normalized spacial score (nSPS) is 10.1. The summed E-state index contributed by atoms with van der Waals surface area (Å²) in [5.41, 5.74) is -0.400. The van der Waals surface area contributed by atoms with Gasteiger partial charge in [0.2, 0.25) is 5.91 Å². The predicted octanol–water partition coefficient (Wildman–Crippen LogP) is 0.643. The molecular weight excluding hydrogens is 274 g/mol. The lowest BCUT2D eigenvalue weighted by Gasteiger charge is -2.11. The van der Waals surface area contributed by atoms with Gasteiger partial charge in [0.25, 0.3) is 5.56 Å². The number of para-hydroxylation sites is 2. The SMILES string of the molecule is CCOc1ccccc1NC(=O)Cc1cc(=O)[nH]c(=O)[nH]1. The number of anilines is 1. The first kappa shape index (κ1) is 14.6. The second-order valence-electron chi connectivity index (χ2n) is 4.27. The van der Waals surface area contributed by atoms with E-state index in [-0.39, 0.29) is 18.0 Å². The summed E-state index contributed by atoms with van der Waals surface area (Å²) in [4.78, 5) is 38.7. The Bertz CT molecular complexity index is 720. The largest absolute Gasteiger partial charge is 0.492 e. The van der Waals surface area contributed by atoms with Crippen LogP contribution in [0, 0.1) is 0 Å². The van der Waals surface area contributed by atoms with E-state index in [1.165, 1.54) is 6.07 Å². The molecule has 1 aromatic heterocycles. The first-order chi connectivity index (χ1) is 10.1. The molecule has 21 heavy (non-hydrogen) atoms. The molecule has 110 valence electrons. The smallest absolute Gasteiger partial charge is 0.325 e. The molecule has 0 fully saturated rings. The lowest BCUT2D eigenvalue weighted by Crippen LogP contribution is -2.25. The molecule has 0 unspecified atom stereocenters. The third-order valence-electron chi connectivity index (χ3n) is 2.63. The zero-order valence-corrected chi connectivity index (χ0v) is 11.4. The van der Waals surface area contributed by atoms with Gasteiger partial charge in [-0.2, -0.15) is 0 Å². The van der Waals surface area contributed by atoms with Crippen molar-refractivity contribution in [2.24, 2.45) is 0 Å². The van der Waals surface area contributed by atoms with Crippen molar-refractivity contribution in [3.05, 3.63) is 56.9 Å². The van der Waals surface area contributed by atoms with E-state index in [2.05, 4.69) is 10.3 Å². The van der Waals surface area contributed by atoms with Gasteiger partial charge >= 0.3 is 5.69 Å². The number of carbonyl (C=O) groups is 1. The Labute approximate surface area is 120 Å². The van der Waals surface area contributed by atoms with E-state index in [0.717, 1.165) is 0 Å². The topological polar surface area (TPSA) is 104 Å². The van der Waals surface area contributed by atoms with Crippen molar-refractivity contribution < 1.29 is 9.53 Å². The number of H-pyrrole nitrogens is 2. The highest BCUT2D eigenvalue weighted by molar-refractivity contribution is 5.93. The van der Waals surface area contributed by atoms with Gasteiger partial charge in [0, 0.05) is 11.8 Å². The van der Waals surface area contributed by atoms with Gasteiger partial charge in [-0.1, -0.05) is 12.1 Å². The maximum Gasteiger partial charge on any atom is 0.325 e. The Morgan fingerprint density at radius 2 is 2.00 bits per heavy atom. The molecule has 3 N–H and O–H groups in total. The van der Waals surface area contributed by atoms with Gasteiger partial charge < -0.3 is 15.0 Å². The van der Waals surface area contributed by atoms with Crippen LogP contribution in [0.1, 0.15) is 12.6 Å². The molecule has 2 aromatic rings. The third kappa shape index (κ3) is 4.07. The van der Waals surface area contributed by atoms with Gasteiger partial charge in [-0.3, -0.25) is 14.6 Å². The van der Waals surface area contributed by atoms with Crippen LogP contribution in [-0.2, 0) is 11.2 Å². The number of hydrogen-bond acceptors (Lipinski definition) is 4. The fourth-order valence-electron chi connectivity index (χ4n) is 1.83. The molecule has 0 radical (unpaired) electrons. The highest BCUT2D eigenvalue weighted by atomic mass is 16.5. The van der Waals surface area contributed by atoms with Crippen molar-refractivity contribution in [3.8, 4) is 5.75 Å². The summed E-state index contributed by atoms with van der Waals surface area (Å²) in [6, 6.07) is 8.20. The van der Waals surface area contributed by atoms with Gasteiger partial charge in [0.1, 0.15) is 5.75 Å². The number of hydrogen-bond donors (Lipinski definition) is 3. The molecule has 7 heteroatoms. The lowest BCUT2D eigenvalue weighted by atomic mass is 10.2. The van der Waals surface area contributed by atoms with Crippen LogP contribution >= 0.6 is 0 Å². The fourth-order valence-corrected chi connectivity index (χ4v) is 1.83. The molecule has 2 rings (SSSR count). The molecule has 1 aromatic carbocycles. The van der Waals surface area contributed by atoms with Crippen molar-refractivity contribution in [2.75, 3.05) is 11.9 Å². The Kier molecular flexibility index (Phi) is 4.55. The van der Waals surface area contributed by atoms with Crippen LogP contribution in [0.2, 0.25) is 0 Å². The Hall–Kier alpha value is -2.83. The fraction of sp³-hybridized carbons (Fsp3) is 0.214. The van der Waals surface area contributed by atoms with Gasteiger partial charge in [-0.05, 0) is 19.1 Å². The number of nitrogens with one attached hydrogen (secondary N) is 3. The molecule has 0 aliphatic rings. The van der Waals surface area contributed by atoms with Crippen LogP contribution in [0.5, 0.6) is 5.75 Å². The zero-order valence-electron chi connectivity index (χ0n) is 11.4. The number of carbonyl (C=O) groups excluding carboxylic acids is 1. The van der Waals surface area contributed by atoms with Crippen molar-refractivity contribution in [1.29, 1.82) is 0 Å². The van der Waals surface area contributed by atoms with E-state index < -0.39 is 11.2 Å². The van der Waals surface area contributed by atoms with Crippen LogP contribution in [0.15, 0.2) is 39.9 Å². The van der Waals surface area contributed by atoms with Gasteiger partial charge in [0.05, 0.1) is 18.7 Å². The van der Waals surface area contributed by atoms with Crippen molar-refractivity contribution >= 4 is 11.6 Å². The molecule has 0 bridgehead atoms. The van der Waals surface area contributed by atoms with Crippen LogP contribution in [0.3, 0.4) is 0 Å². The summed E-state index contributed by atoms with van der Waals surface area (Å²) in [5, 5.41) is 2.68. The molecule has 7 nitrogen and oxygen atoms in total. The number of benzene rings is 1. The van der Waals surface area contributed by atoms with E-state index in [9.17, 15) is 14.4 Å². The van der Waals surface area contributed by atoms with Crippen molar-refractivity contribution in [2.45, 2.75) is 13.3 Å².